The quantitative estimate of drug-likeness (QED) is 0.436. The van der Waals surface area contributed by atoms with Crippen LogP contribution >= 0.6 is 0 Å². The van der Waals surface area contributed by atoms with Crippen LogP contribution in [0.3, 0.4) is 0 Å². The van der Waals surface area contributed by atoms with Gasteiger partial charge in [0.15, 0.2) is 0 Å². The predicted molar refractivity (Wildman–Crippen MR) is 123 cm³/mol. The van der Waals surface area contributed by atoms with E-state index in [0.29, 0.717) is 28.5 Å². The van der Waals surface area contributed by atoms with E-state index in [9.17, 15) is 26.3 Å². The van der Waals surface area contributed by atoms with Gasteiger partial charge in [0.25, 0.3) is 0 Å². The van der Waals surface area contributed by atoms with Gasteiger partial charge < -0.3 is 5.32 Å². The average molecular weight is 492 g/mol. The average Bonchev–Trinajstić information content (AvgIpc) is 2.81. The lowest BCUT2D eigenvalue weighted by Gasteiger charge is -2.13. The molecule has 2 heterocycles. The molecule has 3 aromatic rings. The van der Waals surface area contributed by atoms with Crippen molar-refractivity contribution < 1.29 is 26.3 Å². The number of benzene rings is 1. The van der Waals surface area contributed by atoms with Gasteiger partial charge in [-0.05, 0) is 68.3 Å². The third-order valence-corrected chi connectivity index (χ3v) is 5.30. The summed E-state index contributed by atoms with van der Waals surface area (Å²) in [6.45, 7) is 5.32. The Hall–Kier alpha value is -3.69. The molecule has 1 N–H and O–H groups in total. The summed E-state index contributed by atoms with van der Waals surface area (Å²) >= 11 is 0. The van der Waals surface area contributed by atoms with Crippen molar-refractivity contribution in [2.45, 2.75) is 39.5 Å². The summed E-state index contributed by atoms with van der Waals surface area (Å²) < 4.78 is 79.3. The second-order valence-electron chi connectivity index (χ2n) is 7.60. The van der Waals surface area contributed by atoms with E-state index in [2.05, 4.69) is 20.3 Å². The molecule has 0 fully saturated rings. The molecule has 184 valence electrons. The van der Waals surface area contributed by atoms with E-state index in [1.54, 1.807) is 6.92 Å². The number of hydrogen-bond donors (Lipinski definition) is 1. The van der Waals surface area contributed by atoms with Gasteiger partial charge in [-0.2, -0.15) is 26.3 Å². The molecule has 0 spiro atoms. The Labute approximate surface area is 197 Å². The molecule has 0 aliphatic carbocycles. The lowest BCUT2D eigenvalue weighted by atomic mass is 10.0. The number of rotatable bonds is 5. The minimum atomic E-state index is -4.60. The lowest BCUT2D eigenvalue weighted by Crippen LogP contribution is -2.33. The van der Waals surface area contributed by atoms with Crippen LogP contribution < -0.4 is 15.9 Å². The number of halogens is 6. The van der Waals surface area contributed by atoms with Crippen molar-refractivity contribution in [1.29, 1.82) is 0 Å². The zero-order valence-electron chi connectivity index (χ0n) is 19.1. The molecule has 0 saturated carbocycles. The minimum Gasteiger partial charge on any atom is -0.340 e. The van der Waals surface area contributed by atoms with Gasteiger partial charge >= 0.3 is 12.4 Å². The van der Waals surface area contributed by atoms with Crippen LogP contribution in [0.15, 0.2) is 55.0 Å². The molecule has 3 rings (SSSR count). The van der Waals surface area contributed by atoms with Gasteiger partial charge in [-0.3, -0.25) is 4.98 Å². The maximum Gasteiger partial charge on any atom is 0.418 e. The third-order valence-electron chi connectivity index (χ3n) is 5.30. The second kappa shape index (κ2) is 10.3. The van der Waals surface area contributed by atoms with Crippen LogP contribution in [0, 0.1) is 0 Å². The van der Waals surface area contributed by atoms with Crippen LogP contribution in [0.2, 0.25) is 0 Å². The summed E-state index contributed by atoms with van der Waals surface area (Å²) in [5.41, 5.74) is -0.494. The molecule has 0 aliphatic heterocycles. The van der Waals surface area contributed by atoms with E-state index in [0.717, 1.165) is 23.8 Å². The summed E-state index contributed by atoms with van der Waals surface area (Å²) in [6, 6.07) is 6.63. The van der Waals surface area contributed by atoms with Crippen molar-refractivity contribution in [1.82, 2.24) is 15.0 Å². The first kappa shape index (κ1) is 25.9. The first-order chi connectivity index (χ1) is 16.5. The molecule has 2 aromatic heterocycles. The Kier molecular flexibility index (Phi) is 7.62. The molecule has 0 unspecified atom stereocenters. The lowest BCUT2D eigenvalue weighted by molar-refractivity contribution is -0.138. The van der Waals surface area contributed by atoms with Crippen LogP contribution in [-0.2, 0) is 12.4 Å². The SMILES string of the molecule is C\C=C(/C=c1/ncnc(Nc2ccc(C(F)(F)F)cc2)/c1=C(\C)CC)c1ncccc1C(F)(F)F. The Balaban J connectivity index is 2.16. The smallest absolute Gasteiger partial charge is 0.340 e. The Bertz CT molecular complexity index is 1340. The van der Waals surface area contributed by atoms with Gasteiger partial charge in [0.1, 0.15) is 12.1 Å². The summed E-state index contributed by atoms with van der Waals surface area (Å²) in [6.07, 6.45) is -2.96. The Morgan fingerprint density at radius 1 is 0.943 bits per heavy atom. The van der Waals surface area contributed by atoms with E-state index in [4.69, 9.17) is 0 Å². The van der Waals surface area contributed by atoms with E-state index < -0.39 is 23.5 Å². The molecular weight excluding hydrogens is 470 g/mol. The Morgan fingerprint density at radius 2 is 1.63 bits per heavy atom. The summed E-state index contributed by atoms with van der Waals surface area (Å²) in [4.78, 5) is 12.5. The number of pyridine rings is 1. The van der Waals surface area contributed by atoms with E-state index in [1.165, 1.54) is 42.9 Å². The highest BCUT2D eigenvalue weighted by Crippen LogP contribution is 2.34. The van der Waals surface area contributed by atoms with Crippen LogP contribution in [-0.4, -0.2) is 15.0 Å². The van der Waals surface area contributed by atoms with Gasteiger partial charge in [0.05, 0.1) is 22.2 Å². The number of anilines is 2. The van der Waals surface area contributed by atoms with E-state index in [-0.39, 0.29) is 11.3 Å². The molecular formula is C25H22F6N4. The van der Waals surface area contributed by atoms with Gasteiger partial charge in [0, 0.05) is 17.1 Å². The summed E-state index contributed by atoms with van der Waals surface area (Å²) in [7, 11) is 0. The molecule has 0 atom stereocenters. The van der Waals surface area contributed by atoms with Crippen molar-refractivity contribution in [3.8, 4) is 0 Å². The van der Waals surface area contributed by atoms with Crippen molar-refractivity contribution in [3.63, 3.8) is 0 Å². The number of aromatic nitrogens is 3. The zero-order valence-corrected chi connectivity index (χ0v) is 19.1. The van der Waals surface area contributed by atoms with Crippen molar-refractivity contribution >= 4 is 28.7 Å². The fourth-order valence-electron chi connectivity index (χ4n) is 3.38. The third kappa shape index (κ3) is 6.06. The molecule has 10 heteroatoms. The molecule has 0 saturated heterocycles. The molecule has 0 aliphatic rings. The fourth-order valence-corrected chi connectivity index (χ4v) is 3.38. The predicted octanol–water partition coefficient (Wildman–Crippen LogP) is 6.12. The molecule has 0 radical (unpaired) electrons. The normalized spacial score (nSPS) is 14.2. The Morgan fingerprint density at radius 3 is 2.20 bits per heavy atom. The highest BCUT2D eigenvalue weighted by atomic mass is 19.4. The molecule has 1 aromatic carbocycles. The molecule has 0 bridgehead atoms. The number of hydrogen-bond acceptors (Lipinski definition) is 4. The maximum atomic E-state index is 13.6. The molecule has 35 heavy (non-hydrogen) atoms. The van der Waals surface area contributed by atoms with Gasteiger partial charge in [-0.15, -0.1) is 0 Å². The summed E-state index contributed by atoms with van der Waals surface area (Å²) in [5, 5.41) is 3.89. The number of nitrogens with zero attached hydrogens (tertiary/aromatic N) is 3. The first-order valence-corrected chi connectivity index (χ1v) is 10.6. The maximum absolute atomic E-state index is 13.6. The monoisotopic (exact) mass is 492 g/mol. The van der Waals surface area contributed by atoms with Gasteiger partial charge in [0.2, 0.25) is 0 Å². The van der Waals surface area contributed by atoms with Gasteiger partial charge in [-0.1, -0.05) is 18.6 Å². The van der Waals surface area contributed by atoms with Gasteiger partial charge in [-0.25, -0.2) is 9.97 Å². The molecule has 4 nitrogen and oxygen atoms in total. The topological polar surface area (TPSA) is 50.7 Å². The van der Waals surface area contributed by atoms with E-state index >= 15 is 0 Å². The molecule has 0 amide bonds. The minimum absolute atomic E-state index is 0.210. The van der Waals surface area contributed by atoms with Crippen molar-refractivity contribution in [2.24, 2.45) is 0 Å². The van der Waals surface area contributed by atoms with E-state index in [1.807, 2.05) is 13.8 Å². The van der Waals surface area contributed by atoms with Crippen LogP contribution in [0.4, 0.5) is 37.8 Å². The number of nitrogens with one attached hydrogen (secondary N) is 1. The number of alkyl halides is 6. The van der Waals surface area contributed by atoms with Crippen LogP contribution in [0.1, 0.15) is 44.0 Å². The van der Waals surface area contributed by atoms with Crippen molar-refractivity contribution in [3.05, 3.63) is 82.4 Å². The first-order valence-electron chi connectivity index (χ1n) is 10.6. The largest absolute Gasteiger partial charge is 0.418 e. The standard InChI is InChI=1S/C25H22F6N4/c1-4-15(3)21-20(13-16(5-2)22-19(25(29,30)31)7-6-12-32-22)33-14-34-23(21)35-18-10-8-17(9-11-18)24(26,27)28/h5-14H,4H2,1-3H3,(H,33,34,35)/b16-5+,20-13+,21-15+. The second-order valence-corrected chi connectivity index (χ2v) is 7.60. The van der Waals surface area contributed by atoms with Crippen LogP contribution in [0.25, 0.3) is 17.2 Å². The highest BCUT2D eigenvalue weighted by Gasteiger charge is 2.34. The summed E-state index contributed by atoms with van der Waals surface area (Å²) in [5.74, 6) is 0.317. The van der Waals surface area contributed by atoms with Crippen molar-refractivity contribution in [2.75, 3.05) is 5.32 Å². The zero-order chi connectivity index (χ0) is 25.8. The number of allylic oxidation sites excluding steroid dienone is 2. The van der Waals surface area contributed by atoms with Crippen LogP contribution in [0.5, 0.6) is 0 Å². The highest BCUT2D eigenvalue weighted by molar-refractivity contribution is 5.88. The fraction of sp³-hybridized carbons (Fsp3) is 0.240.